The summed E-state index contributed by atoms with van der Waals surface area (Å²) >= 11 is 5.67. The van der Waals surface area contributed by atoms with Gasteiger partial charge in [-0.2, -0.15) is 0 Å². The molecule has 0 saturated carbocycles. The summed E-state index contributed by atoms with van der Waals surface area (Å²) in [6.07, 6.45) is 0. The Kier molecular flexibility index (Phi) is 3.15. The first-order valence-corrected chi connectivity index (χ1v) is 7.31. The molecule has 0 amide bonds. The van der Waals surface area contributed by atoms with Gasteiger partial charge in [0.25, 0.3) is 0 Å². The van der Waals surface area contributed by atoms with E-state index in [1.165, 1.54) is 10.8 Å². The van der Waals surface area contributed by atoms with Crippen LogP contribution in [0, 0.1) is 0 Å². The number of hydrogen-bond acceptors (Lipinski definition) is 0. The molecule has 0 bridgehead atoms. The number of benzene rings is 1. The molecule has 0 aliphatic carbocycles. The van der Waals surface area contributed by atoms with Crippen LogP contribution in [0.1, 0.15) is 5.56 Å². The van der Waals surface area contributed by atoms with Crippen molar-refractivity contribution >= 4 is 25.6 Å². The van der Waals surface area contributed by atoms with Gasteiger partial charge in [0.1, 0.15) is 0 Å². The van der Waals surface area contributed by atoms with Gasteiger partial charge in [-0.3, -0.25) is 0 Å². The summed E-state index contributed by atoms with van der Waals surface area (Å²) in [6.45, 7) is 4.66. The molecule has 0 aliphatic rings. The smallest absolute Gasteiger partial charge is 0.0647 e. The lowest BCUT2D eigenvalue weighted by Gasteiger charge is -2.03. The van der Waals surface area contributed by atoms with Crippen molar-refractivity contribution in [3.8, 4) is 0 Å². The van der Waals surface area contributed by atoms with E-state index >= 15 is 0 Å². The average Bonchev–Trinajstić information content (AvgIpc) is 2.05. The highest BCUT2D eigenvalue weighted by atomic mass is 35.5. The van der Waals surface area contributed by atoms with Crippen LogP contribution in [-0.4, -0.2) is 8.80 Å². The Morgan fingerprint density at radius 1 is 1.18 bits per heavy atom. The van der Waals surface area contributed by atoms with E-state index in [2.05, 4.69) is 37.4 Å². The summed E-state index contributed by atoms with van der Waals surface area (Å²) in [5.74, 6) is 0.625. The largest absolute Gasteiger partial charge is 0.122 e. The van der Waals surface area contributed by atoms with Crippen molar-refractivity contribution in [2.45, 2.75) is 19.0 Å². The fourth-order valence-corrected chi connectivity index (χ4v) is 2.13. The van der Waals surface area contributed by atoms with Gasteiger partial charge in [0, 0.05) is 5.88 Å². The van der Waals surface area contributed by atoms with E-state index in [0.29, 0.717) is 5.88 Å². The molecule has 0 aliphatic heterocycles. The molecule has 11 heavy (non-hydrogen) atoms. The van der Waals surface area contributed by atoms with Gasteiger partial charge in [-0.05, 0) is 5.56 Å². The predicted molar refractivity (Wildman–Crippen MR) is 54.5 cm³/mol. The van der Waals surface area contributed by atoms with Crippen LogP contribution in [0.4, 0.5) is 0 Å². The minimum atomic E-state index is -0.604. The fraction of sp³-hybridized carbons (Fsp3) is 0.333. The fourth-order valence-electron chi connectivity index (χ4n) is 0.992. The van der Waals surface area contributed by atoms with E-state index < -0.39 is 8.80 Å². The number of alkyl halides is 1. The molecule has 0 nitrogen and oxygen atoms in total. The lowest BCUT2D eigenvalue weighted by Crippen LogP contribution is -2.21. The highest BCUT2D eigenvalue weighted by Gasteiger charge is 1.98. The molecule has 0 fully saturated rings. The van der Waals surface area contributed by atoms with Crippen LogP contribution in [0.5, 0.6) is 0 Å². The Morgan fingerprint density at radius 3 is 2.09 bits per heavy atom. The van der Waals surface area contributed by atoms with Crippen LogP contribution >= 0.6 is 11.6 Å². The Bertz CT molecular complexity index is 216. The second-order valence-electron chi connectivity index (χ2n) is 3.03. The molecule has 0 aromatic heterocycles. The molecule has 1 aromatic rings. The summed E-state index contributed by atoms with van der Waals surface area (Å²) in [5.41, 5.74) is 1.21. The van der Waals surface area contributed by atoms with Gasteiger partial charge in [-0.1, -0.05) is 42.5 Å². The van der Waals surface area contributed by atoms with Crippen LogP contribution in [-0.2, 0) is 5.88 Å². The van der Waals surface area contributed by atoms with Crippen molar-refractivity contribution in [1.82, 2.24) is 0 Å². The maximum atomic E-state index is 5.67. The number of halogens is 1. The molecule has 0 N–H and O–H groups in total. The maximum absolute atomic E-state index is 5.67. The molecule has 0 spiro atoms. The minimum absolute atomic E-state index is 0.604. The van der Waals surface area contributed by atoms with E-state index in [1.54, 1.807) is 0 Å². The van der Waals surface area contributed by atoms with Crippen LogP contribution in [0.3, 0.4) is 0 Å². The Hall–Kier alpha value is -0.273. The first kappa shape index (κ1) is 8.82. The molecule has 1 rings (SSSR count). The van der Waals surface area contributed by atoms with Gasteiger partial charge in [0.15, 0.2) is 0 Å². The van der Waals surface area contributed by atoms with E-state index in [1.807, 2.05) is 0 Å². The summed E-state index contributed by atoms with van der Waals surface area (Å²) in [5, 5.41) is 1.51. The molecule has 2 heteroatoms. The zero-order valence-electron chi connectivity index (χ0n) is 6.97. The molecule has 0 heterocycles. The van der Waals surface area contributed by atoms with Crippen molar-refractivity contribution in [3.63, 3.8) is 0 Å². The van der Waals surface area contributed by atoms with Crippen molar-refractivity contribution in [1.29, 1.82) is 0 Å². The Balaban J connectivity index is 2.83. The summed E-state index contributed by atoms with van der Waals surface area (Å²) in [4.78, 5) is 0. The zero-order valence-corrected chi connectivity index (χ0v) is 8.88. The summed E-state index contributed by atoms with van der Waals surface area (Å²) < 4.78 is 0. The highest BCUT2D eigenvalue weighted by Crippen LogP contribution is 2.01. The van der Waals surface area contributed by atoms with Crippen molar-refractivity contribution in [2.75, 3.05) is 0 Å². The molecule has 0 atom stereocenters. The quantitative estimate of drug-likeness (QED) is 0.488. The molecular formula is C9H13ClSi. The van der Waals surface area contributed by atoms with E-state index in [0.717, 1.165) is 0 Å². The van der Waals surface area contributed by atoms with E-state index in [9.17, 15) is 0 Å². The topological polar surface area (TPSA) is 0 Å². The SMILES string of the molecule is C[SiH](C)c1ccc(CCl)cc1. The van der Waals surface area contributed by atoms with Crippen LogP contribution in [0.15, 0.2) is 24.3 Å². The van der Waals surface area contributed by atoms with Gasteiger partial charge in [-0.25, -0.2) is 0 Å². The summed E-state index contributed by atoms with van der Waals surface area (Å²) in [7, 11) is -0.604. The van der Waals surface area contributed by atoms with Gasteiger partial charge in [0.05, 0.1) is 8.80 Å². The Morgan fingerprint density at radius 2 is 1.73 bits per heavy atom. The van der Waals surface area contributed by atoms with E-state index in [-0.39, 0.29) is 0 Å². The van der Waals surface area contributed by atoms with Crippen LogP contribution in [0.25, 0.3) is 0 Å². The van der Waals surface area contributed by atoms with Gasteiger partial charge < -0.3 is 0 Å². The lowest BCUT2D eigenvalue weighted by atomic mass is 10.2. The first-order chi connectivity index (χ1) is 5.24. The molecule has 0 radical (unpaired) electrons. The third-order valence-electron chi connectivity index (χ3n) is 1.80. The van der Waals surface area contributed by atoms with Crippen molar-refractivity contribution in [3.05, 3.63) is 29.8 Å². The van der Waals surface area contributed by atoms with Crippen molar-refractivity contribution in [2.24, 2.45) is 0 Å². The van der Waals surface area contributed by atoms with Gasteiger partial charge in [-0.15, -0.1) is 11.6 Å². The minimum Gasteiger partial charge on any atom is -0.122 e. The molecule has 0 saturated heterocycles. The third-order valence-corrected chi connectivity index (χ3v) is 3.83. The normalized spacial score (nSPS) is 10.5. The number of rotatable bonds is 2. The first-order valence-electron chi connectivity index (χ1n) is 3.89. The maximum Gasteiger partial charge on any atom is 0.0647 e. The molecular weight excluding hydrogens is 172 g/mol. The zero-order chi connectivity index (χ0) is 8.27. The third kappa shape index (κ3) is 2.35. The van der Waals surface area contributed by atoms with Gasteiger partial charge in [0.2, 0.25) is 0 Å². The van der Waals surface area contributed by atoms with E-state index in [4.69, 9.17) is 11.6 Å². The van der Waals surface area contributed by atoms with Gasteiger partial charge >= 0.3 is 0 Å². The standard InChI is InChI=1S/C9H13ClSi/c1-11(2)9-5-3-8(7-10)4-6-9/h3-6,11H,7H2,1-2H3. The molecule has 60 valence electrons. The van der Waals surface area contributed by atoms with Crippen molar-refractivity contribution < 1.29 is 0 Å². The summed E-state index contributed by atoms with van der Waals surface area (Å²) in [6, 6.07) is 8.65. The monoisotopic (exact) mass is 184 g/mol. The predicted octanol–water partition coefficient (Wildman–Crippen LogP) is 2.12. The highest BCUT2D eigenvalue weighted by molar-refractivity contribution is 6.70. The van der Waals surface area contributed by atoms with Crippen LogP contribution in [0.2, 0.25) is 13.1 Å². The number of hydrogen-bond donors (Lipinski definition) is 0. The molecule has 0 unspecified atom stereocenters. The second kappa shape index (κ2) is 3.93. The second-order valence-corrected chi connectivity index (χ2v) is 6.27. The average molecular weight is 185 g/mol. The Labute approximate surface area is 74.8 Å². The lowest BCUT2D eigenvalue weighted by molar-refractivity contribution is 1.41. The van der Waals surface area contributed by atoms with Crippen LogP contribution < -0.4 is 5.19 Å². The molecule has 1 aromatic carbocycles.